The number of aromatic nitrogens is 1. The molecule has 660 valence electrons. The van der Waals surface area contributed by atoms with Gasteiger partial charge >= 0.3 is 29.8 Å². The fraction of sp³-hybridized carbons (Fsp3) is 0.553. The van der Waals surface area contributed by atoms with Crippen molar-refractivity contribution in [3.05, 3.63) is 65.9 Å². The highest BCUT2D eigenvalue weighted by Gasteiger charge is 2.41. The van der Waals surface area contributed by atoms with Crippen molar-refractivity contribution in [1.29, 1.82) is 0 Å². The summed E-state index contributed by atoms with van der Waals surface area (Å²) in [6.07, 6.45) is -1.09. The summed E-state index contributed by atoms with van der Waals surface area (Å²) in [6, 6.07) is -11.0. The highest BCUT2D eigenvalue weighted by atomic mass is 16.5. The maximum Gasteiger partial charge on any atom is 0.329 e. The summed E-state index contributed by atoms with van der Waals surface area (Å²) in [5.74, 6) is -30.3. The molecule has 0 spiro atoms. The third-order valence-electron chi connectivity index (χ3n) is 18.9. The number of cyclic esters (lactones) is 1. The van der Waals surface area contributed by atoms with E-state index >= 15 is 0 Å². The first kappa shape index (κ1) is 99.6. The van der Waals surface area contributed by atoms with Crippen LogP contribution < -0.4 is 86.3 Å². The lowest BCUT2D eigenvalue weighted by atomic mass is 9.96. The van der Waals surface area contributed by atoms with Crippen LogP contribution in [-0.2, 0) is 102 Å². The van der Waals surface area contributed by atoms with Gasteiger partial charge in [-0.2, -0.15) is 0 Å². The van der Waals surface area contributed by atoms with Gasteiger partial charge in [0.1, 0.15) is 72.6 Å². The second kappa shape index (κ2) is 50.8. The maximum atomic E-state index is 14.9. The fourth-order valence-corrected chi connectivity index (χ4v) is 12.5. The molecule has 0 bridgehead atoms. The second-order valence-corrected chi connectivity index (χ2v) is 28.9. The number of carbonyl (C=O) groups excluding carboxylic acids is 16. The Morgan fingerprint density at radius 3 is 1.67 bits per heavy atom. The normalized spacial score (nSPS) is 21.1. The molecule has 2 aromatic carbocycles. The van der Waals surface area contributed by atoms with E-state index in [-0.39, 0.29) is 37.1 Å². The molecular weight excluding hydrogens is 1580 g/mol. The smallest absolute Gasteiger partial charge is 0.329 e. The van der Waals surface area contributed by atoms with Gasteiger partial charge in [0.2, 0.25) is 82.7 Å². The Balaban J connectivity index is 1.85. The fourth-order valence-electron chi connectivity index (χ4n) is 12.5. The standard InChI is InChI=1S/C76H109N17O27/c1-5-6-7-8-9-10-11-12-13-19-42(95)28-57(98)85-48(27-41-34-80-46-23-17-15-20-43(41)46)70(113)88-49(30-56(79)97)71(114)90-52(33-63(107)108)72(115)93-65-40(4)120-76(119)53(29-55(96)44-21-14-16-22-45(44)78)91-75(118)64(38(2)26-60(101)102)92-73(116)54(37-94)86-59(100)35-81-67(110)50(31-61(103)104)87-66(109)39(3)83-69(112)51(32-62(105)106)89-68(111)47(24-18-25-77)84-58(99)36-82-74(65)117/h14-17,20-23,34,38-40,42,47-54,64-65,80,94-95H,5-13,18-19,24-33,35-37,77-78H2,1-4H3,(H2,79,97)(H,81,110)(H,82,117)(H,83,112)(H,84,99)(H,85,98)(H,86,100)(H,87,109)(H,88,113)(H,89,111)(H,90,114)(H,91,118)(H,92,116)(H,93,115)(H,101,102)(H,103,104)(H,105,106)(H,107,108). The number of aliphatic hydroxyl groups excluding tert-OH is 2. The lowest BCUT2D eigenvalue weighted by molar-refractivity contribution is -0.156. The third-order valence-corrected chi connectivity index (χ3v) is 18.9. The molecule has 0 aliphatic carbocycles. The van der Waals surface area contributed by atoms with Gasteiger partial charge in [0.15, 0.2) is 5.78 Å². The number of Topliss-reactive ketones (excluding diaryl/α,β-unsaturated/α-hetero) is 1. The Morgan fingerprint density at radius 1 is 0.542 bits per heavy atom. The van der Waals surface area contributed by atoms with E-state index in [4.69, 9.17) is 21.9 Å². The first-order chi connectivity index (χ1) is 56.7. The van der Waals surface area contributed by atoms with Crippen LogP contribution >= 0.6 is 0 Å². The van der Waals surface area contributed by atoms with E-state index in [0.717, 1.165) is 72.1 Å². The number of benzene rings is 2. The Labute approximate surface area is 687 Å². The number of ether oxygens (including phenoxy) is 1. The molecule has 3 aromatic rings. The van der Waals surface area contributed by atoms with Crippen molar-refractivity contribution in [2.75, 3.05) is 32.0 Å². The van der Waals surface area contributed by atoms with E-state index in [9.17, 15) is 127 Å². The number of nitrogens with one attached hydrogen (secondary N) is 14. The molecule has 1 saturated heterocycles. The summed E-state index contributed by atoms with van der Waals surface area (Å²) in [5, 5.41) is 89.5. The molecule has 120 heavy (non-hydrogen) atoms. The molecule has 14 unspecified atom stereocenters. The Hall–Kier alpha value is -12.7. The minimum absolute atomic E-state index is 0.102. The number of hydrogen-bond acceptors (Lipinski definition) is 25. The van der Waals surface area contributed by atoms with Crippen LogP contribution in [0, 0.1) is 5.92 Å². The zero-order valence-corrected chi connectivity index (χ0v) is 66.7. The summed E-state index contributed by atoms with van der Waals surface area (Å²) >= 11 is 0. The molecule has 44 nitrogen and oxygen atoms in total. The van der Waals surface area contributed by atoms with Crippen LogP contribution in [0.3, 0.4) is 0 Å². The summed E-state index contributed by atoms with van der Waals surface area (Å²) in [7, 11) is 0. The molecule has 2 heterocycles. The van der Waals surface area contributed by atoms with Crippen molar-refractivity contribution in [3.8, 4) is 0 Å². The number of amides is 14. The first-order valence-corrected chi connectivity index (χ1v) is 38.9. The monoisotopic (exact) mass is 1690 g/mol. The first-order valence-electron chi connectivity index (χ1n) is 38.9. The minimum Gasteiger partial charge on any atom is -0.481 e. The molecule has 14 atom stereocenters. The summed E-state index contributed by atoms with van der Waals surface area (Å²) in [5.41, 5.74) is 18.0. The van der Waals surface area contributed by atoms with E-state index in [2.05, 4.69) is 65.1 Å². The van der Waals surface area contributed by atoms with Crippen molar-refractivity contribution in [3.63, 3.8) is 0 Å². The lowest BCUT2D eigenvalue weighted by Gasteiger charge is -2.30. The van der Waals surface area contributed by atoms with Gasteiger partial charge in [-0.3, -0.25) is 91.1 Å². The zero-order chi connectivity index (χ0) is 89.5. The van der Waals surface area contributed by atoms with Crippen LogP contribution in [0.25, 0.3) is 10.9 Å². The van der Waals surface area contributed by atoms with Crippen LogP contribution in [0.4, 0.5) is 5.69 Å². The zero-order valence-electron chi connectivity index (χ0n) is 66.7. The summed E-state index contributed by atoms with van der Waals surface area (Å²) in [6.45, 7) is 1.12. The van der Waals surface area contributed by atoms with Crippen molar-refractivity contribution in [2.45, 2.75) is 235 Å². The van der Waals surface area contributed by atoms with Gasteiger partial charge in [0, 0.05) is 41.2 Å². The quantitative estimate of drug-likeness (QED) is 0.0110. The molecule has 4 rings (SSSR count). The summed E-state index contributed by atoms with van der Waals surface area (Å²) < 4.78 is 5.69. The van der Waals surface area contributed by atoms with Gasteiger partial charge in [-0.05, 0) is 69.3 Å². The molecule has 1 aliphatic rings. The van der Waals surface area contributed by atoms with Gasteiger partial charge < -0.3 is 127 Å². The van der Waals surface area contributed by atoms with Crippen LogP contribution in [0.15, 0.2) is 54.7 Å². The predicted molar refractivity (Wildman–Crippen MR) is 420 cm³/mol. The average molecular weight is 1690 g/mol. The van der Waals surface area contributed by atoms with Crippen LogP contribution in [-0.4, -0.2) is 259 Å². The number of unbranched alkanes of at least 4 members (excludes halogenated alkanes) is 8. The molecule has 44 heteroatoms. The number of carbonyl (C=O) groups is 20. The van der Waals surface area contributed by atoms with E-state index in [1.165, 1.54) is 24.3 Å². The summed E-state index contributed by atoms with van der Waals surface area (Å²) in [4.78, 5) is 277. The molecule has 0 saturated carbocycles. The van der Waals surface area contributed by atoms with Crippen LogP contribution in [0.5, 0.6) is 0 Å². The SMILES string of the molecule is CCCCCCCCCCCC(O)CC(=O)NC(Cc1c[nH]c2ccccc12)C(=O)NC(CC(N)=O)C(=O)NC(CC(=O)O)C(=O)NC1C(=O)NCC(=O)NC(CCCN)C(=O)NC(CC(=O)O)C(=O)NC(C)C(=O)NC(CC(=O)O)C(=O)NCC(=O)NC(CO)C(=O)NC(C(C)CC(=O)O)C(=O)NC(CC(=O)c2ccccc2N)C(=O)OC1C. The lowest BCUT2D eigenvalue weighted by Crippen LogP contribution is -2.62. The van der Waals surface area contributed by atoms with Crippen molar-refractivity contribution in [1.82, 2.24) is 74.1 Å². The van der Waals surface area contributed by atoms with Gasteiger partial charge in [0.25, 0.3) is 0 Å². The number of carboxylic acids is 4. The highest BCUT2D eigenvalue weighted by molar-refractivity contribution is 6.05. The number of aliphatic hydroxyl groups is 2. The number of nitrogen functional groups attached to an aromatic ring is 1. The Bertz CT molecular complexity index is 4160. The second-order valence-electron chi connectivity index (χ2n) is 28.9. The molecule has 26 N–H and O–H groups in total. The van der Waals surface area contributed by atoms with Gasteiger partial charge in [0.05, 0.1) is 64.3 Å². The number of anilines is 1. The highest BCUT2D eigenvalue weighted by Crippen LogP contribution is 2.22. The number of para-hydroxylation sites is 2. The van der Waals surface area contributed by atoms with Crippen molar-refractivity contribution >= 4 is 135 Å². The van der Waals surface area contributed by atoms with Crippen LogP contribution in [0.1, 0.15) is 166 Å². The van der Waals surface area contributed by atoms with E-state index in [1.54, 1.807) is 30.5 Å². The number of fused-ring (bicyclic) bond motifs is 1. The van der Waals surface area contributed by atoms with Gasteiger partial charge in [-0.15, -0.1) is 0 Å². The topological polar surface area (TPSA) is 722 Å². The van der Waals surface area contributed by atoms with Crippen LogP contribution in [0.2, 0.25) is 0 Å². The van der Waals surface area contributed by atoms with Gasteiger partial charge in [-0.25, -0.2) is 4.79 Å². The van der Waals surface area contributed by atoms with E-state index < -0.39 is 274 Å². The number of ketones is 1. The number of esters is 1. The molecule has 1 aromatic heterocycles. The number of aliphatic carboxylic acids is 4. The Morgan fingerprint density at radius 2 is 1.07 bits per heavy atom. The van der Waals surface area contributed by atoms with Gasteiger partial charge in [-0.1, -0.05) is 102 Å². The number of H-pyrrole nitrogens is 1. The number of carboxylic acid groups (broad SMARTS) is 4. The minimum atomic E-state index is -2.47. The largest absolute Gasteiger partial charge is 0.481 e. The van der Waals surface area contributed by atoms with Crippen molar-refractivity contribution in [2.24, 2.45) is 17.4 Å². The van der Waals surface area contributed by atoms with E-state index in [0.29, 0.717) is 22.9 Å². The average Bonchev–Trinajstić information content (AvgIpc) is 1.66. The number of nitrogens with two attached hydrogens (primary N) is 3. The number of primary amides is 1. The predicted octanol–water partition coefficient (Wildman–Crippen LogP) is -5.09. The maximum absolute atomic E-state index is 14.9. The molecular formula is C76H109N17O27. The number of aromatic amines is 1. The number of hydrogen-bond donors (Lipinski definition) is 23. The molecule has 1 fully saturated rings. The molecule has 1 aliphatic heterocycles. The molecule has 0 radical (unpaired) electrons. The Kier molecular flexibility index (Phi) is 42.2. The van der Waals surface area contributed by atoms with Crippen molar-refractivity contribution < 1.29 is 131 Å². The molecule has 14 amide bonds. The third kappa shape index (κ3) is 34.8. The number of rotatable bonds is 39. The van der Waals surface area contributed by atoms with E-state index in [1.807, 2.05) is 16.0 Å².